The van der Waals surface area contributed by atoms with Crippen LogP contribution in [0.5, 0.6) is 5.75 Å². The molecule has 0 fully saturated rings. The molecule has 3 aromatic rings. The number of thiazole rings is 1. The largest absolute Gasteiger partial charge is 0.505 e. The van der Waals surface area contributed by atoms with Gasteiger partial charge < -0.3 is 5.11 Å². The molecular weight excluding hydrogens is 262 g/mol. The molecule has 1 aromatic carbocycles. The molecular formula is C13H9N3O2S. The number of phenols is 1. The molecule has 0 saturated heterocycles. The van der Waals surface area contributed by atoms with E-state index in [1.54, 1.807) is 36.0 Å². The molecule has 0 spiro atoms. The van der Waals surface area contributed by atoms with Crippen molar-refractivity contribution in [2.75, 3.05) is 5.32 Å². The summed E-state index contributed by atoms with van der Waals surface area (Å²) >= 11 is 1.32. The number of amides is 1. The van der Waals surface area contributed by atoms with Crippen molar-refractivity contribution in [3.63, 3.8) is 0 Å². The molecule has 6 heteroatoms. The Morgan fingerprint density at radius 1 is 1.21 bits per heavy atom. The summed E-state index contributed by atoms with van der Waals surface area (Å²) in [5.41, 5.74) is 0.593. The van der Waals surface area contributed by atoms with Crippen LogP contribution in [0, 0.1) is 0 Å². The van der Waals surface area contributed by atoms with Crippen molar-refractivity contribution in [1.29, 1.82) is 0 Å². The molecule has 0 atom stereocenters. The number of aromatic hydroxyl groups is 1. The van der Waals surface area contributed by atoms with Gasteiger partial charge in [-0.3, -0.25) is 15.1 Å². The fraction of sp³-hybridized carbons (Fsp3) is 0. The maximum atomic E-state index is 12.0. The van der Waals surface area contributed by atoms with E-state index in [1.807, 2.05) is 6.07 Å². The summed E-state index contributed by atoms with van der Waals surface area (Å²) in [4.78, 5) is 20.1. The second-order valence-electron chi connectivity index (χ2n) is 3.83. The van der Waals surface area contributed by atoms with Gasteiger partial charge in [0.2, 0.25) is 0 Å². The quantitative estimate of drug-likeness (QED) is 0.751. The van der Waals surface area contributed by atoms with Gasteiger partial charge in [0.15, 0.2) is 10.9 Å². The summed E-state index contributed by atoms with van der Waals surface area (Å²) in [5, 5.41) is 15.8. The maximum Gasteiger partial charge on any atom is 0.261 e. The number of benzene rings is 1. The topological polar surface area (TPSA) is 75.1 Å². The lowest BCUT2D eigenvalue weighted by atomic mass is 10.1. The lowest BCUT2D eigenvalue weighted by molar-refractivity contribution is 0.102. The normalized spacial score (nSPS) is 10.5. The SMILES string of the molecule is O=C(Nc1nccs1)c1ccc2cccnc2c1O. The second-order valence-corrected chi connectivity index (χ2v) is 4.72. The minimum Gasteiger partial charge on any atom is -0.505 e. The Morgan fingerprint density at radius 2 is 2.11 bits per heavy atom. The number of anilines is 1. The van der Waals surface area contributed by atoms with Gasteiger partial charge in [0.25, 0.3) is 5.91 Å². The third-order valence-corrected chi connectivity index (χ3v) is 3.33. The van der Waals surface area contributed by atoms with Crippen LogP contribution in [-0.2, 0) is 0 Å². The zero-order chi connectivity index (χ0) is 13.2. The van der Waals surface area contributed by atoms with Crippen LogP contribution in [0.1, 0.15) is 10.4 Å². The Bertz CT molecular complexity index is 741. The van der Waals surface area contributed by atoms with E-state index in [-0.39, 0.29) is 11.3 Å². The highest BCUT2D eigenvalue weighted by atomic mass is 32.1. The molecule has 3 rings (SSSR count). The van der Waals surface area contributed by atoms with Crippen molar-refractivity contribution in [2.24, 2.45) is 0 Å². The van der Waals surface area contributed by atoms with Gasteiger partial charge in [0, 0.05) is 23.2 Å². The lowest BCUT2D eigenvalue weighted by Gasteiger charge is -2.06. The minimum atomic E-state index is -0.403. The summed E-state index contributed by atoms with van der Waals surface area (Å²) in [7, 11) is 0. The summed E-state index contributed by atoms with van der Waals surface area (Å²) in [6, 6.07) is 6.92. The van der Waals surface area contributed by atoms with Crippen LogP contribution in [-0.4, -0.2) is 21.0 Å². The third kappa shape index (κ3) is 2.13. The number of fused-ring (bicyclic) bond motifs is 1. The van der Waals surface area contributed by atoms with Crippen LogP contribution < -0.4 is 5.32 Å². The number of phenolic OH excluding ortho intramolecular Hbond substituents is 1. The van der Waals surface area contributed by atoms with Gasteiger partial charge in [-0.05, 0) is 12.1 Å². The van der Waals surface area contributed by atoms with E-state index in [4.69, 9.17) is 0 Å². The number of nitrogens with one attached hydrogen (secondary N) is 1. The van der Waals surface area contributed by atoms with E-state index in [0.717, 1.165) is 5.39 Å². The maximum absolute atomic E-state index is 12.0. The van der Waals surface area contributed by atoms with Gasteiger partial charge in [-0.2, -0.15) is 0 Å². The molecule has 2 N–H and O–H groups in total. The summed E-state index contributed by atoms with van der Waals surface area (Å²) in [5.74, 6) is -0.521. The molecule has 2 aromatic heterocycles. The average Bonchev–Trinajstić information content (AvgIpc) is 2.92. The van der Waals surface area contributed by atoms with E-state index >= 15 is 0 Å². The lowest BCUT2D eigenvalue weighted by Crippen LogP contribution is -2.12. The number of pyridine rings is 1. The molecule has 0 aliphatic carbocycles. The van der Waals surface area contributed by atoms with Crippen molar-refractivity contribution >= 4 is 33.3 Å². The fourth-order valence-electron chi connectivity index (χ4n) is 1.76. The van der Waals surface area contributed by atoms with Gasteiger partial charge in [-0.15, -0.1) is 11.3 Å². The van der Waals surface area contributed by atoms with Crippen LogP contribution >= 0.6 is 11.3 Å². The fourth-order valence-corrected chi connectivity index (χ4v) is 2.29. The first-order valence-electron chi connectivity index (χ1n) is 5.53. The average molecular weight is 271 g/mol. The minimum absolute atomic E-state index is 0.118. The van der Waals surface area contributed by atoms with E-state index in [0.29, 0.717) is 10.6 Å². The predicted octanol–water partition coefficient (Wildman–Crippen LogP) is 2.65. The summed E-state index contributed by atoms with van der Waals surface area (Å²) in [6.45, 7) is 0. The Labute approximate surface area is 112 Å². The highest BCUT2D eigenvalue weighted by Crippen LogP contribution is 2.27. The highest BCUT2D eigenvalue weighted by Gasteiger charge is 2.15. The molecule has 94 valence electrons. The van der Waals surface area contributed by atoms with Crippen LogP contribution in [0.3, 0.4) is 0 Å². The molecule has 1 amide bonds. The summed E-state index contributed by atoms with van der Waals surface area (Å²) < 4.78 is 0. The van der Waals surface area contributed by atoms with Crippen molar-refractivity contribution < 1.29 is 9.90 Å². The van der Waals surface area contributed by atoms with Gasteiger partial charge in [-0.1, -0.05) is 12.1 Å². The molecule has 0 bridgehead atoms. The smallest absolute Gasteiger partial charge is 0.261 e. The van der Waals surface area contributed by atoms with E-state index in [9.17, 15) is 9.90 Å². The van der Waals surface area contributed by atoms with Gasteiger partial charge in [0.05, 0.1) is 5.56 Å². The van der Waals surface area contributed by atoms with E-state index in [1.165, 1.54) is 11.3 Å². The molecule has 19 heavy (non-hydrogen) atoms. The van der Waals surface area contributed by atoms with Crippen molar-refractivity contribution in [1.82, 2.24) is 9.97 Å². The zero-order valence-corrected chi connectivity index (χ0v) is 10.5. The first-order chi connectivity index (χ1) is 9.25. The number of aromatic nitrogens is 2. The number of nitrogens with zero attached hydrogens (tertiary/aromatic N) is 2. The monoisotopic (exact) mass is 271 g/mol. The van der Waals surface area contributed by atoms with Gasteiger partial charge in [0.1, 0.15) is 5.52 Å². The molecule has 0 aliphatic rings. The molecule has 0 radical (unpaired) electrons. The highest BCUT2D eigenvalue weighted by molar-refractivity contribution is 7.13. The van der Waals surface area contributed by atoms with Crippen LogP contribution in [0.2, 0.25) is 0 Å². The Balaban J connectivity index is 2.01. The van der Waals surface area contributed by atoms with Crippen LogP contribution in [0.15, 0.2) is 42.0 Å². The molecule has 0 saturated carbocycles. The van der Waals surface area contributed by atoms with Crippen molar-refractivity contribution in [2.45, 2.75) is 0 Å². The standard InChI is InChI=1S/C13H9N3O2S/c17-11-9(12(18)16-13-15-6-7-19-13)4-3-8-2-1-5-14-10(8)11/h1-7,17H,(H,15,16,18). The number of hydrogen-bond donors (Lipinski definition) is 2. The Hall–Kier alpha value is -2.47. The first-order valence-corrected chi connectivity index (χ1v) is 6.41. The Kier molecular flexibility index (Phi) is 2.85. The predicted molar refractivity (Wildman–Crippen MR) is 73.5 cm³/mol. The second kappa shape index (κ2) is 4.66. The molecule has 2 heterocycles. The molecule has 5 nitrogen and oxygen atoms in total. The Morgan fingerprint density at radius 3 is 2.89 bits per heavy atom. The molecule has 0 unspecified atom stereocenters. The van der Waals surface area contributed by atoms with E-state index < -0.39 is 5.91 Å². The molecule has 0 aliphatic heterocycles. The number of carbonyl (C=O) groups is 1. The van der Waals surface area contributed by atoms with Crippen LogP contribution in [0.25, 0.3) is 10.9 Å². The number of carbonyl (C=O) groups excluding carboxylic acids is 1. The summed E-state index contributed by atoms with van der Waals surface area (Å²) in [6.07, 6.45) is 3.17. The van der Waals surface area contributed by atoms with Gasteiger partial charge >= 0.3 is 0 Å². The van der Waals surface area contributed by atoms with Crippen molar-refractivity contribution in [3.05, 3.63) is 47.6 Å². The first kappa shape index (κ1) is 11.6. The van der Waals surface area contributed by atoms with Crippen molar-refractivity contribution in [3.8, 4) is 5.75 Å². The van der Waals surface area contributed by atoms with E-state index in [2.05, 4.69) is 15.3 Å². The zero-order valence-electron chi connectivity index (χ0n) is 9.70. The number of rotatable bonds is 2. The van der Waals surface area contributed by atoms with Gasteiger partial charge in [-0.25, -0.2) is 4.98 Å². The van der Waals surface area contributed by atoms with Crippen LogP contribution in [0.4, 0.5) is 5.13 Å². The third-order valence-electron chi connectivity index (χ3n) is 2.65. The number of hydrogen-bond acceptors (Lipinski definition) is 5.